The summed E-state index contributed by atoms with van der Waals surface area (Å²) >= 11 is 0. The second-order valence-corrected chi connectivity index (χ2v) is 9.13. The summed E-state index contributed by atoms with van der Waals surface area (Å²) < 4.78 is 1.43. The van der Waals surface area contributed by atoms with Crippen molar-refractivity contribution in [2.24, 2.45) is 23.7 Å². The normalized spacial score (nSPS) is 21.5. The van der Waals surface area contributed by atoms with Gasteiger partial charge in [-0.2, -0.15) is 0 Å². The molecule has 1 aliphatic carbocycles. The van der Waals surface area contributed by atoms with Gasteiger partial charge < -0.3 is 10.3 Å². The number of benzene rings is 1. The van der Waals surface area contributed by atoms with Crippen LogP contribution in [0.5, 0.6) is 0 Å². The third-order valence-electron chi connectivity index (χ3n) is 6.44. The molecular weight excluding hydrogens is 390 g/mol. The van der Waals surface area contributed by atoms with E-state index in [1.165, 1.54) is 22.1 Å². The number of aromatic amines is 1. The van der Waals surface area contributed by atoms with Crippen molar-refractivity contribution in [2.75, 3.05) is 6.54 Å². The smallest absolute Gasteiger partial charge is 0.241 e. The Hall–Kier alpha value is -3.03. The van der Waals surface area contributed by atoms with Gasteiger partial charge in [0.1, 0.15) is 18.7 Å². The summed E-state index contributed by atoms with van der Waals surface area (Å²) in [6.07, 6.45) is 5.83. The Morgan fingerprint density at radius 1 is 1.32 bits per heavy atom. The average molecular weight is 422 g/mol. The molecule has 2 heterocycles. The van der Waals surface area contributed by atoms with E-state index < -0.39 is 0 Å². The lowest BCUT2D eigenvalue weighted by Crippen LogP contribution is -2.38. The average Bonchev–Trinajstić information content (AvgIpc) is 3.36. The van der Waals surface area contributed by atoms with Crippen LogP contribution >= 0.6 is 0 Å². The Labute approximate surface area is 182 Å². The van der Waals surface area contributed by atoms with Gasteiger partial charge in [-0.1, -0.05) is 31.6 Å². The van der Waals surface area contributed by atoms with Crippen LogP contribution in [-0.2, 0) is 17.8 Å². The molecule has 0 spiro atoms. The first-order valence-electron chi connectivity index (χ1n) is 11.0. The van der Waals surface area contributed by atoms with Crippen LogP contribution in [0.15, 0.2) is 36.2 Å². The number of aromatic nitrogens is 6. The largest absolute Gasteiger partial charge is 0.354 e. The number of fused-ring (bicyclic) bond motifs is 1. The summed E-state index contributed by atoms with van der Waals surface area (Å²) in [5.74, 6) is 2.81. The molecule has 3 unspecified atom stereocenters. The highest BCUT2D eigenvalue weighted by Crippen LogP contribution is 2.38. The molecule has 0 bridgehead atoms. The van der Waals surface area contributed by atoms with Gasteiger partial charge in [-0.25, -0.2) is 9.67 Å². The maximum Gasteiger partial charge on any atom is 0.241 e. The van der Waals surface area contributed by atoms with Gasteiger partial charge in [0.25, 0.3) is 0 Å². The Morgan fingerprint density at radius 2 is 2.16 bits per heavy atom. The molecule has 164 valence electrons. The van der Waals surface area contributed by atoms with E-state index in [1.807, 2.05) is 0 Å². The van der Waals surface area contributed by atoms with Gasteiger partial charge in [0.15, 0.2) is 0 Å². The highest BCUT2D eigenvalue weighted by molar-refractivity contribution is 5.76. The molecule has 0 radical (unpaired) electrons. The summed E-state index contributed by atoms with van der Waals surface area (Å²) in [5.41, 5.74) is 4.76. The number of H-pyrrole nitrogens is 1. The van der Waals surface area contributed by atoms with E-state index in [-0.39, 0.29) is 12.5 Å². The minimum Gasteiger partial charge on any atom is -0.354 e. The zero-order chi connectivity index (χ0) is 22.0. The fourth-order valence-corrected chi connectivity index (χ4v) is 4.70. The molecule has 2 aromatic heterocycles. The van der Waals surface area contributed by atoms with Crippen molar-refractivity contribution < 1.29 is 4.79 Å². The SMILES string of the molecule is CC1=CC(CNC(=O)Cn2cnnn2)C(C(C)C)CC1Cc1nc2ccc(C)cc2[nH]1. The molecule has 3 aromatic rings. The molecule has 0 saturated carbocycles. The topological polar surface area (TPSA) is 101 Å². The van der Waals surface area contributed by atoms with Crippen molar-refractivity contribution in [1.82, 2.24) is 35.5 Å². The fraction of sp³-hybridized carbons (Fsp3) is 0.522. The summed E-state index contributed by atoms with van der Waals surface area (Å²) in [5, 5.41) is 13.9. The minimum absolute atomic E-state index is 0.0689. The summed E-state index contributed by atoms with van der Waals surface area (Å²) in [7, 11) is 0. The van der Waals surface area contributed by atoms with E-state index in [1.54, 1.807) is 0 Å². The second kappa shape index (κ2) is 8.99. The van der Waals surface area contributed by atoms with Gasteiger partial charge in [0.2, 0.25) is 5.91 Å². The highest BCUT2D eigenvalue weighted by Gasteiger charge is 2.32. The van der Waals surface area contributed by atoms with E-state index in [9.17, 15) is 4.79 Å². The number of aryl methyl sites for hydroxylation is 1. The van der Waals surface area contributed by atoms with Crippen molar-refractivity contribution >= 4 is 16.9 Å². The molecule has 8 heteroatoms. The Kier molecular flexibility index (Phi) is 6.15. The number of carbonyl (C=O) groups is 1. The van der Waals surface area contributed by atoms with Crippen molar-refractivity contribution in [1.29, 1.82) is 0 Å². The molecule has 8 nitrogen and oxygen atoms in total. The number of tetrazole rings is 1. The maximum absolute atomic E-state index is 12.3. The first kappa shape index (κ1) is 21.2. The zero-order valence-electron chi connectivity index (χ0n) is 18.7. The van der Waals surface area contributed by atoms with Crippen LogP contribution in [0.4, 0.5) is 0 Å². The number of rotatable bonds is 7. The van der Waals surface area contributed by atoms with Crippen LogP contribution in [0.25, 0.3) is 11.0 Å². The summed E-state index contributed by atoms with van der Waals surface area (Å²) in [6.45, 7) is 9.64. The van der Waals surface area contributed by atoms with Gasteiger partial charge in [0.05, 0.1) is 11.0 Å². The van der Waals surface area contributed by atoms with Gasteiger partial charge in [-0.3, -0.25) is 4.79 Å². The lowest BCUT2D eigenvalue weighted by molar-refractivity contribution is -0.122. The van der Waals surface area contributed by atoms with Crippen LogP contribution in [0, 0.1) is 30.6 Å². The molecule has 3 atom stereocenters. The minimum atomic E-state index is -0.0689. The molecule has 2 N–H and O–H groups in total. The van der Waals surface area contributed by atoms with E-state index in [2.05, 4.69) is 77.8 Å². The maximum atomic E-state index is 12.3. The third-order valence-corrected chi connectivity index (χ3v) is 6.44. The number of carbonyl (C=O) groups excluding carboxylic acids is 1. The second-order valence-electron chi connectivity index (χ2n) is 9.13. The monoisotopic (exact) mass is 421 g/mol. The predicted octanol–water partition coefficient (Wildman–Crippen LogP) is 3.07. The van der Waals surface area contributed by atoms with Crippen LogP contribution in [0.3, 0.4) is 0 Å². The number of hydrogen-bond donors (Lipinski definition) is 2. The highest BCUT2D eigenvalue weighted by atomic mass is 16.2. The number of allylic oxidation sites excluding steroid dienone is 1. The van der Waals surface area contributed by atoms with Gasteiger partial charge in [-0.05, 0) is 72.1 Å². The van der Waals surface area contributed by atoms with Crippen molar-refractivity contribution in [2.45, 2.75) is 47.1 Å². The van der Waals surface area contributed by atoms with E-state index in [0.717, 1.165) is 29.7 Å². The molecule has 1 amide bonds. The van der Waals surface area contributed by atoms with Crippen molar-refractivity contribution in [3.05, 3.63) is 47.6 Å². The Morgan fingerprint density at radius 3 is 2.90 bits per heavy atom. The number of nitrogens with one attached hydrogen (secondary N) is 2. The lowest BCUT2D eigenvalue weighted by atomic mass is 9.70. The number of imidazole rings is 1. The molecular formula is C23H31N7O. The van der Waals surface area contributed by atoms with E-state index >= 15 is 0 Å². The van der Waals surface area contributed by atoms with Crippen LogP contribution < -0.4 is 5.32 Å². The van der Waals surface area contributed by atoms with Gasteiger partial charge in [-0.15, -0.1) is 5.10 Å². The fourth-order valence-electron chi connectivity index (χ4n) is 4.70. The predicted molar refractivity (Wildman–Crippen MR) is 119 cm³/mol. The van der Waals surface area contributed by atoms with Gasteiger partial charge in [0, 0.05) is 13.0 Å². The van der Waals surface area contributed by atoms with Crippen molar-refractivity contribution in [3.8, 4) is 0 Å². The third kappa shape index (κ3) is 5.00. The standard InChI is InChI=1S/C23H31N7O/c1-14(2)19-9-17(10-22-26-20-6-5-15(3)7-21(20)27-22)16(4)8-18(19)11-24-23(31)12-30-13-25-28-29-30/h5-8,13-14,17-19H,9-12H2,1-4H3,(H,24,31)(H,26,27). The zero-order valence-corrected chi connectivity index (χ0v) is 18.7. The van der Waals surface area contributed by atoms with Crippen LogP contribution in [0.2, 0.25) is 0 Å². The molecule has 31 heavy (non-hydrogen) atoms. The number of amides is 1. The molecule has 0 fully saturated rings. The van der Waals surface area contributed by atoms with Gasteiger partial charge >= 0.3 is 0 Å². The van der Waals surface area contributed by atoms with Crippen molar-refractivity contribution in [3.63, 3.8) is 0 Å². The molecule has 4 rings (SSSR count). The Bertz CT molecular complexity index is 1070. The summed E-state index contributed by atoms with van der Waals surface area (Å²) in [4.78, 5) is 20.6. The van der Waals surface area contributed by atoms with Crippen LogP contribution in [0.1, 0.15) is 38.6 Å². The van der Waals surface area contributed by atoms with E-state index in [4.69, 9.17) is 4.98 Å². The molecule has 1 aromatic carbocycles. The first-order valence-corrected chi connectivity index (χ1v) is 11.0. The van der Waals surface area contributed by atoms with Crippen LogP contribution in [-0.4, -0.2) is 42.6 Å². The first-order chi connectivity index (χ1) is 14.9. The number of hydrogen-bond acceptors (Lipinski definition) is 5. The van der Waals surface area contributed by atoms with E-state index in [0.29, 0.717) is 30.2 Å². The Balaban J connectivity index is 1.43. The quantitative estimate of drug-likeness (QED) is 0.571. The lowest BCUT2D eigenvalue weighted by Gasteiger charge is -2.37. The number of nitrogens with zero attached hydrogens (tertiary/aromatic N) is 5. The molecule has 0 aliphatic heterocycles. The molecule has 0 saturated heterocycles. The summed E-state index contributed by atoms with van der Waals surface area (Å²) in [6, 6.07) is 6.34. The molecule has 1 aliphatic rings.